The second-order valence-corrected chi connectivity index (χ2v) is 4.01. The smallest absolute Gasteiger partial charge is 0.328 e. The van der Waals surface area contributed by atoms with Crippen molar-refractivity contribution in [2.45, 2.75) is 32.7 Å². The third kappa shape index (κ3) is 6.39. The molecule has 0 aromatic carbocycles. The Hall–Kier alpha value is -1.79. The number of hydrogen-bond donors (Lipinski definition) is 4. The maximum Gasteiger partial charge on any atom is 0.328 e. The predicted molar refractivity (Wildman–Crippen MR) is 61.5 cm³/mol. The number of hydrogen-bond acceptors (Lipinski definition) is 3. The third-order valence-corrected chi connectivity index (χ3v) is 1.97. The fourth-order valence-electron chi connectivity index (χ4n) is 0.957. The van der Waals surface area contributed by atoms with Crippen LogP contribution in [-0.2, 0) is 9.59 Å². The molecule has 0 saturated carbocycles. The van der Waals surface area contributed by atoms with Crippen LogP contribution in [0.15, 0.2) is 0 Å². The van der Waals surface area contributed by atoms with Gasteiger partial charge < -0.3 is 21.1 Å². The van der Waals surface area contributed by atoms with Crippen molar-refractivity contribution in [2.75, 3.05) is 13.1 Å². The van der Waals surface area contributed by atoms with Gasteiger partial charge in [0.2, 0.25) is 5.91 Å². The van der Waals surface area contributed by atoms with E-state index in [0.717, 1.165) is 0 Å². The number of carbonyl (C=O) groups is 3. The summed E-state index contributed by atoms with van der Waals surface area (Å²) in [4.78, 5) is 33.0. The molecule has 7 nitrogen and oxygen atoms in total. The molecule has 0 aliphatic heterocycles. The Labute approximate surface area is 100.0 Å². The van der Waals surface area contributed by atoms with Crippen molar-refractivity contribution in [2.24, 2.45) is 0 Å². The summed E-state index contributed by atoms with van der Waals surface area (Å²) in [5.41, 5.74) is -1.34. The van der Waals surface area contributed by atoms with Gasteiger partial charge in [0, 0.05) is 19.5 Å². The molecular weight excluding hydrogens is 226 g/mol. The highest BCUT2D eigenvalue weighted by Crippen LogP contribution is 2.00. The zero-order valence-corrected chi connectivity index (χ0v) is 10.3. The number of carboxylic acid groups (broad SMARTS) is 1. The summed E-state index contributed by atoms with van der Waals surface area (Å²) in [5.74, 6) is -1.29. The highest BCUT2D eigenvalue weighted by atomic mass is 16.4. The Kier molecular flexibility index (Phi) is 6.01. The SMILES string of the molecule is CCNC(=O)CCNC(=O)NC(C)(C)C(=O)O. The van der Waals surface area contributed by atoms with Crippen LogP contribution < -0.4 is 16.0 Å². The minimum atomic E-state index is -1.34. The van der Waals surface area contributed by atoms with Crippen LogP contribution in [-0.4, -0.2) is 41.6 Å². The number of urea groups is 1. The standard InChI is InChI=1S/C10H19N3O4/c1-4-11-7(14)5-6-12-9(17)13-10(2,3)8(15)16/h4-6H2,1-3H3,(H,11,14)(H,15,16)(H2,12,13,17). The van der Waals surface area contributed by atoms with Gasteiger partial charge in [-0.3, -0.25) is 4.79 Å². The van der Waals surface area contributed by atoms with Crippen molar-refractivity contribution in [1.82, 2.24) is 16.0 Å². The summed E-state index contributed by atoms with van der Waals surface area (Å²) in [7, 11) is 0. The largest absolute Gasteiger partial charge is 0.480 e. The fourth-order valence-corrected chi connectivity index (χ4v) is 0.957. The minimum Gasteiger partial charge on any atom is -0.480 e. The lowest BCUT2D eigenvalue weighted by atomic mass is 10.1. The molecule has 7 heteroatoms. The van der Waals surface area contributed by atoms with E-state index in [4.69, 9.17) is 5.11 Å². The number of carbonyl (C=O) groups excluding carboxylic acids is 2. The summed E-state index contributed by atoms with van der Waals surface area (Å²) in [6.07, 6.45) is 0.161. The highest BCUT2D eigenvalue weighted by Gasteiger charge is 2.28. The maximum absolute atomic E-state index is 11.3. The summed E-state index contributed by atoms with van der Waals surface area (Å²) < 4.78 is 0. The second kappa shape index (κ2) is 6.72. The van der Waals surface area contributed by atoms with E-state index >= 15 is 0 Å². The Bertz CT molecular complexity index is 302. The van der Waals surface area contributed by atoms with Crippen molar-refractivity contribution in [3.8, 4) is 0 Å². The van der Waals surface area contributed by atoms with Crippen molar-refractivity contribution < 1.29 is 19.5 Å². The summed E-state index contributed by atoms with van der Waals surface area (Å²) in [6.45, 7) is 5.25. The summed E-state index contributed by atoms with van der Waals surface area (Å²) >= 11 is 0. The molecule has 0 aliphatic rings. The van der Waals surface area contributed by atoms with Crippen LogP contribution in [0.5, 0.6) is 0 Å². The molecule has 0 fully saturated rings. The minimum absolute atomic E-state index is 0.160. The lowest BCUT2D eigenvalue weighted by molar-refractivity contribution is -0.142. The number of carboxylic acids is 1. The van der Waals surface area contributed by atoms with E-state index in [9.17, 15) is 14.4 Å². The number of aliphatic carboxylic acids is 1. The molecule has 0 radical (unpaired) electrons. The van der Waals surface area contributed by atoms with Crippen LogP contribution in [0.2, 0.25) is 0 Å². The molecule has 0 spiro atoms. The molecule has 0 atom stereocenters. The van der Waals surface area contributed by atoms with Crippen molar-refractivity contribution >= 4 is 17.9 Å². The van der Waals surface area contributed by atoms with Crippen molar-refractivity contribution in [3.63, 3.8) is 0 Å². The van der Waals surface area contributed by atoms with Crippen LogP contribution in [0.25, 0.3) is 0 Å². The number of amides is 3. The third-order valence-electron chi connectivity index (χ3n) is 1.97. The first kappa shape index (κ1) is 15.2. The zero-order chi connectivity index (χ0) is 13.5. The van der Waals surface area contributed by atoms with Gasteiger partial charge in [-0.05, 0) is 20.8 Å². The molecule has 98 valence electrons. The van der Waals surface area contributed by atoms with Crippen LogP contribution in [0.1, 0.15) is 27.2 Å². The second-order valence-electron chi connectivity index (χ2n) is 4.01. The Morgan fingerprint density at radius 2 is 1.76 bits per heavy atom. The van der Waals surface area contributed by atoms with Gasteiger partial charge in [0.05, 0.1) is 0 Å². The molecule has 0 aliphatic carbocycles. The molecule has 0 rings (SSSR count). The maximum atomic E-state index is 11.3. The lowest BCUT2D eigenvalue weighted by Crippen LogP contribution is -2.53. The van der Waals surface area contributed by atoms with E-state index in [1.54, 1.807) is 6.92 Å². The summed E-state index contributed by atoms with van der Waals surface area (Å²) in [6, 6.07) is -0.610. The van der Waals surface area contributed by atoms with E-state index in [-0.39, 0.29) is 18.9 Å². The predicted octanol–water partition coefficient (Wildman–Crippen LogP) is -0.325. The van der Waals surface area contributed by atoms with Gasteiger partial charge in [0.15, 0.2) is 0 Å². The summed E-state index contributed by atoms with van der Waals surface area (Å²) in [5, 5.41) is 16.0. The van der Waals surface area contributed by atoms with Crippen molar-refractivity contribution in [1.29, 1.82) is 0 Å². The van der Waals surface area contributed by atoms with E-state index in [1.165, 1.54) is 13.8 Å². The first-order chi connectivity index (χ1) is 7.79. The van der Waals surface area contributed by atoms with Gasteiger partial charge in [0.1, 0.15) is 5.54 Å². The molecule has 0 unspecified atom stereocenters. The van der Waals surface area contributed by atoms with E-state index in [2.05, 4.69) is 16.0 Å². The first-order valence-electron chi connectivity index (χ1n) is 5.35. The van der Waals surface area contributed by atoms with Gasteiger partial charge >= 0.3 is 12.0 Å². The topological polar surface area (TPSA) is 108 Å². The van der Waals surface area contributed by atoms with E-state index < -0.39 is 17.5 Å². The molecule has 0 bridgehead atoms. The lowest BCUT2D eigenvalue weighted by Gasteiger charge is -2.21. The van der Waals surface area contributed by atoms with E-state index in [1.807, 2.05) is 0 Å². The highest BCUT2D eigenvalue weighted by molar-refractivity contribution is 5.85. The molecular formula is C10H19N3O4. The molecule has 0 aromatic heterocycles. The first-order valence-corrected chi connectivity index (χ1v) is 5.35. The normalized spacial score (nSPS) is 10.5. The Morgan fingerprint density at radius 1 is 1.18 bits per heavy atom. The van der Waals surface area contributed by atoms with Gasteiger partial charge in [-0.25, -0.2) is 9.59 Å². The van der Waals surface area contributed by atoms with Crippen LogP contribution in [0.4, 0.5) is 4.79 Å². The van der Waals surface area contributed by atoms with Gasteiger partial charge in [0.25, 0.3) is 0 Å². The van der Waals surface area contributed by atoms with E-state index in [0.29, 0.717) is 6.54 Å². The van der Waals surface area contributed by atoms with Crippen LogP contribution in [0.3, 0.4) is 0 Å². The Balaban J connectivity index is 3.89. The average Bonchev–Trinajstić information content (AvgIpc) is 2.16. The molecule has 4 N–H and O–H groups in total. The van der Waals surface area contributed by atoms with Crippen LogP contribution in [0, 0.1) is 0 Å². The molecule has 0 saturated heterocycles. The van der Waals surface area contributed by atoms with Gasteiger partial charge in [-0.15, -0.1) is 0 Å². The Morgan fingerprint density at radius 3 is 2.24 bits per heavy atom. The number of nitrogens with one attached hydrogen (secondary N) is 3. The molecule has 0 heterocycles. The van der Waals surface area contributed by atoms with Crippen LogP contribution >= 0.6 is 0 Å². The average molecular weight is 245 g/mol. The van der Waals surface area contributed by atoms with Gasteiger partial charge in [-0.2, -0.15) is 0 Å². The fraction of sp³-hybridized carbons (Fsp3) is 0.700. The molecule has 3 amide bonds. The van der Waals surface area contributed by atoms with Gasteiger partial charge in [-0.1, -0.05) is 0 Å². The number of rotatable bonds is 6. The molecule has 17 heavy (non-hydrogen) atoms. The van der Waals surface area contributed by atoms with Crippen molar-refractivity contribution in [3.05, 3.63) is 0 Å². The quantitative estimate of drug-likeness (QED) is 0.514. The molecule has 0 aromatic rings. The monoisotopic (exact) mass is 245 g/mol. The zero-order valence-electron chi connectivity index (χ0n) is 10.3.